The first-order valence-corrected chi connectivity index (χ1v) is 24.8. The highest BCUT2D eigenvalue weighted by molar-refractivity contribution is 7.91. The molecule has 7 N–H and O–H groups in total. The topological polar surface area (TPSA) is 321 Å². The van der Waals surface area contributed by atoms with Gasteiger partial charge in [0.2, 0.25) is 0 Å². The number of carboxylic acids is 1. The molecule has 0 unspecified atom stereocenters. The predicted octanol–water partition coefficient (Wildman–Crippen LogP) is 3.46. The summed E-state index contributed by atoms with van der Waals surface area (Å²) in [6.45, 7) is 0. The lowest BCUT2D eigenvalue weighted by Crippen LogP contribution is -2.12. The predicted molar refractivity (Wildman–Crippen MR) is 228 cm³/mol. The number of nitrogen functional groups attached to an aromatic ring is 3. The van der Waals surface area contributed by atoms with E-state index >= 15 is 0 Å². The van der Waals surface area contributed by atoms with Crippen LogP contribution in [0.5, 0.6) is 0 Å². The summed E-state index contributed by atoms with van der Waals surface area (Å²) in [5.74, 6) is -1.84. The van der Waals surface area contributed by atoms with E-state index in [0.29, 0.717) is 38.7 Å². The Bertz CT molecular complexity index is 3040. The van der Waals surface area contributed by atoms with Gasteiger partial charge < -0.3 is 22.3 Å². The summed E-state index contributed by atoms with van der Waals surface area (Å²) in [5, 5.41) is 8.93. The van der Waals surface area contributed by atoms with Gasteiger partial charge in [-0.3, -0.25) is 4.79 Å². The summed E-state index contributed by atoms with van der Waals surface area (Å²) in [6, 6.07) is 24.1. The van der Waals surface area contributed by atoms with Crippen molar-refractivity contribution in [1.29, 1.82) is 0 Å². The molecule has 0 bridgehead atoms. The Morgan fingerprint density at radius 2 is 0.803 bits per heavy atom. The number of sulfone groups is 4. The van der Waals surface area contributed by atoms with Crippen LogP contribution < -0.4 is 17.2 Å². The molecule has 0 saturated carbocycles. The lowest BCUT2D eigenvalue weighted by atomic mass is 10.1. The molecular formula is C39H39N7O11S4. The second kappa shape index (κ2) is 18.8. The number of benzene rings is 4. The highest BCUT2D eigenvalue weighted by atomic mass is 32.2. The summed E-state index contributed by atoms with van der Waals surface area (Å²) < 4.78 is 90.8. The number of carbonyl (C=O) groups is 2. The van der Waals surface area contributed by atoms with E-state index in [-0.39, 0.29) is 49.9 Å². The molecule has 320 valence electrons. The number of aromatic carboxylic acids is 1. The van der Waals surface area contributed by atoms with Gasteiger partial charge in [-0.1, -0.05) is 36.4 Å². The summed E-state index contributed by atoms with van der Waals surface area (Å²) in [7, 11) is -13.0. The normalized spacial score (nSPS) is 11.6. The van der Waals surface area contributed by atoms with E-state index in [1.165, 1.54) is 79.3 Å². The molecule has 6 aromatic rings. The van der Waals surface area contributed by atoms with Crippen LogP contribution in [0.1, 0.15) is 26.5 Å². The molecule has 0 atom stereocenters. The molecule has 61 heavy (non-hydrogen) atoms. The van der Waals surface area contributed by atoms with Crippen molar-refractivity contribution in [2.75, 3.05) is 42.2 Å². The van der Waals surface area contributed by atoms with E-state index in [2.05, 4.69) is 19.9 Å². The van der Waals surface area contributed by atoms with Gasteiger partial charge in [0.25, 0.3) is 0 Å². The molecule has 0 aliphatic heterocycles. The zero-order chi connectivity index (χ0) is 45.5. The summed E-state index contributed by atoms with van der Waals surface area (Å²) in [4.78, 5) is 40.4. The number of ketones is 1. The number of carbonyl (C=O) groups excluding carboxylic acids is 1. The van der Waals surface area contributed by atoms with Crippen molar-refractivity contribution in [1.82, 2.24) is 19.9 Å². The lowest BCUT2D eigenvalue weighted by molar-refractivity contribution is 0.0691. The Kier molecular flexibility index (Phi) is 14.5. The number of nitrogens with zero attached hydrogens (tertiary/aromatic N) is 4. The molecule has 0 radical (unpaired) electrons. The standard InChI is InChI=1S/C20H19N3O5S2.C12H11N3O4S.C7H9NO2S/c1-29(25,26)15-7-3-13(4-8-15)11-18(24)19-20(21)22-12-17(23-19)14-5-9-16(10-6-14)30(2,27)28;1-20(18,19)8-4-2-7(3-5-8)9-6-14-11(13)10(15-9)12(16)17;1-11(9,10)7-4-2-6(8)3-5-7/h3-10,12H,11H2,1-2H3,(H2,21,22);2-6H,1H3,(H2,13,14)(H,16,17);2-5H,8H2,1H3. The zero-order valence-corrected chi connectivity index (χ0v) is 36.0. The fourth-order valence-corrected chi connectivity index (χ4v) is 7.54. The highest BCUT2D eigenvalue weighted by Gasteiger charge is 2.18. The van der Waals surface area contributed by atoms with E-state index in [9.17, 15) is 43.3 Å². The molecule has 0 aliphatic carbocycles. The van der Waals surface area contributed by atoms with Gasteiger partial charge in [0, 0.05) is 48.3 Å². The Morgan fingerprint density at radius 1 is 0.492 bits per heavy atom. The molecule has 0 amide bonds. The van der Waals surface area contributed by atoms with Crippen LogP contribution >= 0.6 is 0 Å². The number of hydrogen-bond acceptors (Lipinski definition) is 17. The van der Waals surface area contributed by atoms with Crippen molar-refractivity contribution in [2.45, 2.75) is 26.0 Å². The number of rotatable bonds is 10. The van der Waals surface area contributed by atoms with Gasteiger partial charge in [0.15, 0.2) is 62.5 Å². The largest absolute Gasteiger partial charge is 0.476 e. The van der Waals surface area contributed by atoms with Crippen molar-refractivity contribution < 1.29 is 48.4 Å². The maximum absolute atomic E-state index is 12.7. The van der Waals surface area contributed by atoms with Crippen LogP contribution in [0.4, 0.5) is 17.3 Å². The molecular weight excluding hydrogens is 871 g/mol. The van der Waals surface area contributed by atoms with Crippen LogP contribution in [0.25, 0.3) is 22.5 Å². The minimum absolute atomic E-state index is 0.00752. The van der Waals surface area contributed by atoms with E-state index in [0.717, 1.165) is 18.8 Å². The minimum atomic E-state index is -3.32. The van der Waals surface area contributed by atoms with Crippen molar-refractivity contribution in [2.24, 2.45) is 0 Å². The molecule has 4 aromatic carbocycles. The van der Waals surface area contributed by atoms with Crippen molar-refractivity contribution >= 4 is 68.4 Å². The third-order valence-electron chi connectivity index (χ3n) is 8.25. The Labute approximate surface area is 352 Å². The maximum atomic E-state index is 12.7. The molecule has 2 heterocycles. The fourth-order valence-electron chi connectivity index (χ4n) is 5.02. The molecule has 0 aliphatic rings. The Hall–Kier alpha value is -6.62. The first kappa shape index (κ1) is 47.1. The van der Waals surface area contributed by atoms with Crippen molar-refractivity contribution in [3.8, 4) is 22.5 Å². The van der Waals surface area contributed by atoms with E-state index < -0.39 is 45.3 Å². The summed E-state index contributed by atoms with van der Waals surface area (Å²) >= 11 is 0. The first-order chi connectivity index (χ1) is 28.2. The Morgan fingerprint density at radius 3 is 1.15 bits per heavy atom. The third-order valence-corrected chi connectivity index (χ3v) is 12.8. The quantitative estimate of drug-likeness (QED) is 0.113. The number of anilines is 3. The monoisotopic (exact) mass is 909 g/mol. The second-order valence-electron chi connectivity index (χ2n) is 13.2. The number of hydrogen-bond donors (Lipinski definition) is 4. The molecule has 0 saturated heterocycles. The van der Waals surface area contributed by atoms with Gasteiger partial charge in [-0.15, -0.1) is 0 Å². The van der Waals surface area contributed by atoms with Gasteiger partial charge in [-0.05, 0) is 66.2 Å². The van der Waals surface area contributed by atoms with Crippen LogP contribution in [0.3, 0.4) is 0 Å². The van der Waals surface area contributed by atoms with Crippen LogP contribution in [0.15, 0.2) is 129 Å². The number of aromatic nitrogens is 4. The fraction of sp³-hybridized carbons (Fsp3) is 0.128. The molecule has 18 nitrogen and oxygen atoms in total. The van der Waals surface area contributed by atoms with E-state index in [1.54, 1.807) is 36.4 Å². The zero-order valence-electron chi connectivity index (χ0n) is 32.8. The van der Waals surface area contributed by atoms with Crippen LogP contribution in [0.2, 0.25) is 0 Å². The lowest BCUT2D eigenvalue weighted by Gasteiger charge is -2.08. The number of carboxylic acid groups (broad SMARTS) is 1. The van der Waals surface area contributed by atoms with Crippen LogP contribution in [-0.2, 0) is 45.8 Å². The number of Topliss-reactive ketones (excluding diaryl/α,β-unsaturated/α-hetero) is 1. The molecule has 0 spiro atoms. The average Bonchev–Trinajstić information content (AvgIpc) is 3.18. The maximum Gasteiger partial charge on any atom is 0.358 e. The highest BCUT2D eigenvalue weighted by Crippen LogP contribution is 2.23. The molecule has 22 heteroatoms. The first-order valence-electron chi connectivity index (χ1n) is 17.2. The SMILES string of the molecule is CS(=O)(=O)c1ccc(-c2cnc(N)c(C(=O)O)n2)cc1.CS(=O)(=O)c1ccc(CC(=O)c2nc(-c3ccc(S(C)(=O)=O)cc3)cnc2N)cc1.CS(=O)(=O)c1ccc(N)cc1. The van der Waals surface area contributed by atoms with Crippen LogP contribution in [-0.4, -0.2) is 95.5 Å². The van der Waals surface area contributed by atoms with E-state index in [4.69, 9.17) is 22.3 Å². The average molecular weight is 910 g/mol. The van der Waals surface area contributed by atoms with Gasteiger partial charge in [-0.25, -0.2) is 58.4 Å². The minimum Gasteiger partial charge on any atom is -0.476 e. The molecule has 0 fully saturated rings. The summed E-state index contributed by atoms with van der Waals surface area (Å²) in [5.41, 5.74) is 19.3. The van der Waals surface area contributed by atoms with Crippen LogP contribution in [0, 0.1) is 0 Å². The smallest absolute Gasteiger partial charge is 0.358 e. The van der Waals surface area contributed by atoms with Crippen molar-refractivity contribution in [3.63, 3.8) is 0 Å². The van der Waals surface area contributed by atoms with Gasteiger partial charge >= 0.3 is 5.97 Å². The third kappa shape index (κ3) is 13.2. The Balaban J connectivity index is 0.000000226. The molecule has 2 aromatic heterocycles. The summed E-state index contributed by atoms with van der Waals surface area (Å²) in [6.07, 6.45) is 7.20. The second-order valence-corrected chi connectivity index (χ2v) is 21.3. The van der Waals surface area contributed by atoms with Crippen molar-refractivity contribution in [3.05, 3.63) is 126 Å². The van der Waals surface area contributed by atoms with Gasteiger partial charge in [-0.2, -0.15) is 0 Å². The van der Waals surface area contributed by atoms with Gasteiger partial charge in [0.05, 0.1) is 43.4 Å². The van der Waals surface area contributed by atoms with E-state index in [1.807, 2.05) is 0 Å². The molecule has 6 rings (SSSR count). The number of nitrogens with two attached hydrogens (primary N) is 3. The van der Waals surface area contributed by atoms with Gasteiger partial charge in [0.1, 0.15) is 5.69 Å².